The molecule has 0 N–H and O–H groups in total. The Bertz CT molecular complexity index is 780. The van der Waals surface area contributed by atoms with E-state index in [-0.39, 0.29) is 6.04 Å². The first-order valence-electron chi connectivity index (χ1n) is 7.83. The Labute approximate surface area is 132 Å². The standard InChI is InChI=1S/C17H22N2O2S/c1-13-11-14-7-6-10-16(17(14)18-12-13)22(20,21)19(2)15-8-4-3-5-9-15/h6-7,10-12,15H,3-5,8-9H2,1-2H3. The summed E-state index contributed by atoms with van der Waals surface area (Å²) in [4.78, 5) is 4.69. The summed E-state index contributed by atoms with van der Waals surface area (Å²) >= 11 is 0. The van der Waals surface area contributed by atoms with Crippen LogP contribution in [0.4, 0.5) is 0 Å². The van der Waals surface area contributed by atoms with Crippen LogP contribution in [0.2, 0.25) is 0 Å². The number of aryl methyl sites for hydroxylation is 1. The van der Waals surface area contributed by atoms with E-state index in [1.165, 1.54) is 6.42 Å². The summed E-state index contributed by atoms with van der Waals surface area (Å²) in [6.45, 7) is 1.96. The normalized spacial score (nSPS) is 17.2. The average molecular weight is 318 g/mol. The number of nitrogens with zero attached hydrogens (tertiary/aromatic N) is 2. The molecule has 0 unspecified atom stereocenters. The van der Waals surface area contributed by atoms with E-state index < -0.39 is 10.0 Å². The van der Waals surface area contributed by atoms with Crippen molar-refractivity contribution in [3.8, 4) is 0 Å². The highest BCUT2D eigenvalue weighted by atomic mass is 32.2. The highest BCUT2D eigenvalue weighted by Crippen LogP contribution is 2.29. The molecular formula is C17H22N2O2S. The third-order valence-electron chi connectivity index (χ3n) is 4.56. The lowest BCUT2D eigenvalue weighted by molar-refractivity contribution is 0.286. The van der Waals surface area contributed by atoms with Gasteiger partial charge in [0, 0.05) is 24.7 Å². The van der Waals surface area contributed by atoms with Crippen molar-refractivity contribution in [3.63, 3.8) is 0 Å². The molecule has 0 radical (unpaired) electrons. The molecule has 0 amide bonds. The van der Waals surface area contributed by atoms with Gasteiger partial charge in [-0.05, 0) is 37.5 Å². The maximum Gasteiger partial charge on any atom is 0.245 e. The number of fused-ring (bicyclic) bond motifs is 1. The number of benzene rings is 1. The SMILES string of the molecule is Cc1cnc2c(S(=O)(=O)N(C)C3CCCCC3)cccc2c1. The molecule has 1 aliphatic carbocycles. The first kappa shape index (κ1) is 15.4. The van der Waals surface area contributed by atoms with Gasteiger partial charge in [-0.3, -0.25) is 4.98 Å². The van der Waals surface area contributed by atoms with Gasteiger partial charge in [0.25, 0.3) is 0 Å². The second kappa shape index (κ2) is 5.97. The van der Waals surface area contributed by atoms with E-state index in [1.54, 1.807) is 29.7 Å². The van der Waals surface area contributed by atoms with Crippen molar-refractivity contribution in [2.75, 3.05) is 7.05 Å². The third-order valence-corrected chi connectivity index (χ3v) is 6.50. The summed E-state index contributed by atoms with van der Waals surface area (Å²) in [7, 11) is -1.80. The fraction of sp³-hybridized carbons (Fsp3) is 0.471. The van der Waals surface area contributed by atoms with E-state index in [0.717, 1.165) is 36.6 Å². The Morgan fingerprint density at radius 3 is 2.64 bits per heavy atom. The van der Waals surface area contributed by atoms with Crippen LogP contribution < -0.4 is 0 Å². The molecule has 0 atom stereocenters. The predicted molar refractivity (Wildman–Crippen MR) is 88.3 cm³/mol. The molecule has 1 fully saturated rings. The van der Waals surface area contributed by atoms with Crippen LogP contribution in [0.15, 0.2) is 35.4 Å². The average Bonchev–Trinajstić information content (AvgIpc) is 2.54. The highest BCUT2D eigenvalue weighted by molar-refractivity contribution is 7.89. The van der Waals surface area contributed by atoms with Gasteiger partial charge < -0.3 is 0 Å². The lowest BCUT2D eigenvalue weighted by Gasteiger charge is -2.30. The Morgan fingerprint density at radius 2 is 1.91 bits per heavy atom. The maximum atomic E-state index is 13.0. The molecule has 0 aliphatic heterocycles. The van der Waals surface area contributed by atoms with Crippen LogP contribution in [0.5, 0.6) is 0 Å². The van der Waals surface area contributed by atoms with E-state index in [9.17, 15) is 8.42 Å². The zero-order valence-electron chi connectivity index (χ0n) is 13.1. The number of rotatable bonds is 3. The zero-order chi connectivity index (χ0) is 15.7. The topological polar surface area (TPSA) is 50.3 Å². The Morgan fingerprint density at radius 1 is 1.18 bits per heavy atom. The largest absolute Gasteiger partial charge is 0.255 e. The van der Waals surface area contributed by atoms with Gasteiger partial charge in [-0.25, -0.2) is 8.42 Å². The van der Waals surface area contributed by atoms with Gasteiger partial charge in [0.15, 0.2) is 0 Å². The van der Waals surface area contributed by atoms with Crippen LogP contribution in [0.3, 0.4) is 0 Å². The van der Waals surface area contributed by atoms with Crippen molar-refractivity contribution in [2.24, 2.45) is 0 Å². The minimum Gasteiger partial charge on any atom is -0.255 e. The van der Waals surface area contributed by atoms with Crippen molar-refractivity contribution in [1.29, 1.82) is 0 Å². The van der Waals surface area contributed by atoms with Gasteiger partial charge in [0.1, 0.15) is 4.90 Å². The number of aromatic nitrogens is 1. The summed E-state index contributed by atoms with van der Waals surface area (Å²) in [5.41, 5.74) is 1.60. The molecular weight excluding hydrogens is 296 g/mol. The molecule has 5 heteroatoms. The molecule has 4 nitrogen and oxygen atoms in total. The highest BCUT2D eigenvalue weighted by Gasteiger charge is 2.30. The quantitative estimate of drug-likeness (QED) is 0.870. The zero-order valence-corrected chi connectivity index (χ0v) is 13.9. The number of sulfonamides is 1. The predicted octanol–water partition coefficient (Wildman–Crippen LogP) is 3.50. The number of hydrogen-bond donors (Lipinski definition) is 0. The van der Waals surface area contributed by atoms with Gasteiger partial charge in [-0.1, -0.05) is 31.4 Å². The van der Waals surface area contributed by atoms with Crippen LogP contribution in [0.25, 0.3) is 10.9 Å². The molecule has 0 bridgehead atoms. The molecule has 1 heterocycles. The summed E-state index contributed by atoms with van der Waals surface area (Å²) in [6.07, 6.45) is 7.05. The summed E-state index contributed by atoms with van der Waals surface area (Å²) in [5, 5.41) is 0.873. The molecule has 3 rings (SSSR count). The molecule has 22 heavy (non-hydrogen) atoms. The van der Waals surface area contributed by atoms with Crippen molar-refractivity contribution >= 4 is 20.9 Å². The van der Waals surface area contributed by atoms with Gasteiger partial charge in [-0.2, -0.15) is 4.31 Å². The van der Waals surface area contributed by atoms with E-state index in [1.807, 2.05) is 19.1 Å². The molecule has 1 aromatic heterocycles. The lowest BCUT2D eigenvalue weighted by Crippen LogP contribution is -2.38. The van der Waals surface area contributed by atoms with E-state index in [2.05, 4.69) is 4.98 Å². The van der Waals surface area contributed by atoms with Gasteiger partial charge in [0.05, 0.1) is 5.52 Å². The van der Waals surface area contributed by atoms with Crippen molar-refractivity contribution in [3.05, 3.63) is 36.0 Å². The van der Waals surface area contributed by atoms with Crippen LogP contribution in [-0.2, 0) is 10.0 Å². The fourth-order valence-electron chi connectivity index (χ4n) is 3.25. The van der Waals surface area contributed by atoms with E-state index >= 15 is 0 Å². The molecule has 1 aromatic carbocycles. The van der Waals surface area contributed by atoms with Crippen molar-refractivity contribution in [1.82, 2.24) is 9.29 Å². The molecule has 0 saturated heterocycles. The van der Waals surface area contributed by atoms with Crippen LogP contribution >= 0.6 is 0 Å². The molecule has 2 aromatic rings. The minimum absolute atomic E-state index is 0.111. The number of hydrogen-bond acceptors (Lipinski definition) is 3. The molecule has 1 aliphatic rings. The summed E-state index contributed by atoms with van der Waals surface area (Å²) < 4.78 is 27.6. The molecule has 1 saturated carbocycles. The molecule has 0 spiro atoms. The Balaban J connectivity index is 2.05. The van der Waals surface area contributed by atoms with Crippen LogP contribution in [-0.4, -0.2) is 30.8 Å². The van der Waals surface area contributed by atoms with Crippen molar-refractivity contribution in [2.45, 2.75) is 50.0 Å². The first-order chi connectivity index (χ1) is 10.5. The second-order valence-corrected chi connectivity index (χ2v) is 8.12. The second-order valence-electron chi connectivity index (χ2n) is 6.15. The Hall–Kier alpha value is -1.46. The summed E-state index contributed by atoms with van der Waals surface area (Å²) in [5.74, 6) is 0. The van der Waals surface area contributed by atoms with Gasteiger partial charge in [-0.15, -0.1) is 0 Å². The molecule has 118 valence electrons. The smallest absolute Gasteiger partial charge is 0.245 e. The monoisotopic (exact) mass is 318 g/mol. The third kappa shape index (κ3) is 2.75. The fourth-order valence-corrected chi connectivity index (χ4v) is 4.83. The Kier molecular flexibility index (Phi) is 4.19. The first-order valence-corrected chi connectivity index (χ1v) is 9.27. The maximum absolute atomic E-state index is 13.0. The number of pyridine rings is 1. The van der Waals surface area contributed by atoms with E-state index in [0.29, 0.717) is 10.4 Å². The lowest BCUT2D eigenvalue weighted by atomic mass is 9.96. The van der Waals surface area contributed by atoms with E-state index in [4.69, 9.17) is 0 Å². The summed E-state index contributed by atoms with van der Waals surface area (Å²) in [6, 6.07) is 7.46. The van der Waals surface area contributed by atoms with Gasteiger partial charge >= 0.3 is 0 Å². The van der Waals surface area contributed by atoms with Gasteiger partial charge in [0.2, 0.25) is 10.0 Å². The van der Waals surface area contributed by atoms with Crippen LogP contribution in [0.1, 0.15) is 37.7 Å². The van der Waals surface area contributed by atoms with Crippen molar-refractivity contribution < 1.29 is 8.42 Å². The number of para-hydroxylation sites is 1. The van der Waals surface area contributed by atoms with Crippen LogP contribution in [0, 0.1) is 6.92 Å². The minimum atomic E-state index is -3.51.